The molecule has 0 atom stereocenters. The van der Waals surface area contributed by atoms with Crippen LogP contribution < -0.4 is 5.32 Å². The summed E-state index contributed by atoms with van der Waals surface area (Å²) < 4.78 is 4.95. The number of esters is 1. The SMILES string of the molecule is CC(=O)Nc1ccc(CC(=O)OCC(=O)c2ccc[nH]2)cc1. The van der Waals surface area contributed by atoms with E-state index in [9.17, 15) is 14.4 Å². The van der Waals surface area contributed by atoms with Crippen LogP contribution in [0.5, 0.6) is 0 Å². The summed E-state index contributed by atoms with van der Waals surface area (Å²) >= 11 is 0. The number of ketones is 1. The number of H-pyrrole nitrogens is 1. The molecule has 1 heterocycles. The number of rotatable bonds is 6. The second-order valence-corrected chi connectivity index (χ2v) is 4.72. The Bertz CT molecular complexity index is 660. The molecule has 2 aromatic rings. The highest BCUT2D eigenvalue weighted by Crippen LogP contribution is 2.10. The Labute approximate surface area is 127 Å². The minimum absolute atomic E-state index is 0.0678. The minimum atomic E-state index is -0.479. The lowest BCUT2D eigenvalue weighted by Crippen LogP contribution is -2.16. The quantitative estimate of drug-likeness (QED) is 0.630. The fraction of sp³-hybridized carbons (Fsp3) is 0.188. The van der Waals surface area contributed by atoms with Crippen LogP contribution in [-0.4, -0.2) is 29.3 Å². The number of hydrogen-bond acceptors (Lipinski definition) is 4. The molecule has 0 saturated carbocycles. The van der Waals surface area contributed by atoms with Crippen LogP contribution in [0.15, 0.2) is 42.6 Å². The van der Waals surface area contributed by atoms with Crippen LogP contribution in [0.3, 0.4) is 0 Å². The van der Waals surface area contributed by atoms with Crippen LogP contribution in [-0.2, 0) is 20.7 Å². The first-order chi connectivity index (χ1) is 10.5. The Hall–Kier alpha value is -2.89. The van der Waals surface area contributed by atoms with E-state index in [0.29, 0.717) is 11.4 Å². The fourth-order valence-corrected chi connectivity index (χ4v) is 1.85. The molecule has 0 aliphatic rings. The van der Waals surface area contributed by atoms with Gasteiger partial charge in [0.15, 0.2) is 6.61 Å². The standard InChI is InChI=1S/C16H16N2O4/c1-11(19)18-13-6-4-12(5-7-13)9-16(21)22-10-15(20)14-3-2-8-17-14/h2-8,17H,9-10H2,1H3,(H,18,19). The smallest absolute Gasteiger partial charge is 0.310 e. The molecule has 2 rings (SSSR count). The summed E-state index contributed by atoms with van der Waals surface area (Å²) in [5.74, 6) is -0.915. The van der Waals surface area contributed by atoms with Crippen molar-refractivity contribution in [3.63, 3.8) is 0 Å². The summed E-state index contributed by atoms with van der Waals surface area (Å²) in [6.07, 6.45) is 1.70. The van der Waals surface area contributed by atoms with Crippen molar-refractivity contribution in [3.05, 3.63) is 53.9 Å². The normalized spacial score (nSPS) is 10.0. The van der Waals surface area contributed by atoms with Gasteiger partial charge in [-0.1, -0.05) is 12.1 Å². The molecule has 6 heteroatoms. The van der Waals surface area contributed by atoms with Crippen LogP contribution in [0.4, 0.5) is 5.69 Å². The highest BCUT2D eigenvalue weighted by molar-refractivity contribution is 5.96. The third-order valence-corrected chi connectivity index (χ3v) is 2.89. The molecule has 0 saturated heterocycles. The van der Waals surface area contributed by atoms with E-state index in [1.54, 1.807) is 42.6 Å². The van der Waals surface area contributed by atoms with Crippen LogP contribution in [0.2, 0.25) is 0 Å². The van der Waals surface area contributed by atoms with Crippen LogP contribution in [0, 0.1) is 0 Å². The number of carbonyl (C=O) groups is 3. The summed E-state index contributed by atoms with van der Waals surface area (Å²) in [5.41, 5.74) is 1.81. The van der Waals surface area contributed by atoms with Gasteiger partial charge in [-0.25, -0.2) is 0 Å². The van der Waals surface area contributed by atoms with Gasteiger partial charge in [0.05, 0.1) is 12.1 Å². The van der Waals surface area contributed by atoms with Gasteiger partial charge in [0, 0.05) is 18.8 Å². The first-order valence-electron chi connectivity index (χ1n) is 6.73. The van der Waals surface area contributed by atoms with Crippen molar-refractivity contribution in [3.8, 4) is 0 Å². The number of nitrogens with one attached hydrogen (secondary N) is 2. The molecule has 1 aromatic heterocycles. The van der Waals surface area contributed by atoms with Crippen molar-refractivity contribution in [2.45, 2.75) is 13.3 Å². The number of benzene rings is 1. The lowest BCUT2D eigenvalue weighted by Gasteiger charge is -2.05. The Kier molecular flexibility index (Phi) is 5.08. The highest BCUT2D eigenvalue weighted by Gasteiger charge is 2.11. The van der Waals surface area contributed by atoms with E-state index in [0.717, 1.165) is 5.56 Å². The van der Waals surface area contributed by atoms with E-state index in [-0.39, 0.29) is 24.7 Å². The summed E-state index contributed by atoms with van der Waals surface area (Å²) in [7, 11) is 0. The van der Waals surface area contributed by atoms with Gasteiger partial charge in [0.1, 0.15) is 0 Å². The van der Waals surface area contributed by atoms with Crippen molar-refractivity contribution in [1.82, 2.24) is 4.98 Å². The summed E-state index contributed by atoms with van der Waals surface area (Å²) in [4.78, 5) is 37.0. The molecule has 2 N–H and O–H groups in total. The highest BCUT2D eigenvalue weighted by atomic mass is 16.5. The zero-order valence-electron chi connectivity index (χ0n) is 12.1. The minimum Gasteiger partial charge on any atom is -0.457 e. The number of anilines is 1. The second kappa shape index (κ2) is 7.21. The fourth-order valence-electron chi connectivity index (χ4n) is 1.85. The number of aromatic nitrogens is 1. The first kappa shape index (κ1) is 15.5. The maximum atomic E-state index is 11.7. The summed E-state index contributed by atoms with van der Waals surface area (Å²) in [6.45, 7) is 1.13. The van der Waals surface area contributed by atoms with Gasteiger partial charge in [0.25, 0.3) is 0 Å². The monoisotopic (exact) mass is 300 g/mol. The van der Waals surface area contributed by atoms with E-state index in [2.05, 4.69) is 10.3 Å². The van der Waals surface area contributed by atoms with Crippen molar-refractivity contribution in [1.29, 1.82) is 0 Å². The molecule has 0 aliphatic carbocycles. The lowest BCUT2D eigenvalue weighted by atomic mass is 10.1. The molecule has 1 amide bonds. The summed E-state index contributed by atoms with van der Waals surface area (Å²) in [5, 5.41) is 2.64. The molecule has 6 nitrogen and oxygen atoms in total. The maximum absolute atomic E-state index is 11.7. The molecule has 0 spiro atoms. The van der Waals surface area contributed by atoms with Crippen molar-refractivity contribution >= 4 is 23.3 Å². The predicted molar refractivity (Wildman–Crippen MR) is 80.5 cm³/mol. The summed E-state index contributed by atoms with van der Waals surface area (Å²) in [6, 6.07) is 10.2. The number of aromatic amines is 1. The topological polar surface area (TPSA) is 88.3 Å². The van der Waals surface area contributed by atoms with Gasteiger partial charge < -0.3 is 15.0 Å². The zero-order valence-corrected chi connectivity index (χ0v) is 12.1. The van der Waals surface area contributed by atoms with E-state index in [1.165, 1.54) is 6.92 Å². The number of amides is 1. The third-order valence-electron chi connectivity index (χ3n) is 2.89. The van der Waals surface area contributed by atoms with Crippen molar-refractivity contribution < 1.29 is 19.1 Å². The van der Waals surface area contributed by atoms with Crippen molar-refractivity contribution in [2.24, 2.45) is 0 Å². The number of ether oxygens (including phenoxy) is 1. The number of hydrogen-bond donors (Lipinski definition) is 2. The van der Waals surface area contributed by atoms with Gasteiger partial charge >= 0.3 is 5.97 Å². The Morgan fingerprint density at radius 2 is 1.86 bits per heavy atom. The first-order valence-corrected chi connectivity index (χ1v) is 6.73. The molecule has 114 valence electrons. The van der Waals surface area contributed by atoms with Crippen LogP contribution in [0.1, 0.15) is 23.0 Å². The average molecular weight is 300 g/mol. The lowest BCUT2D eigenvalue weighted by molar-refractivity contribution is -0.141. The Balaban J connectivity index is 1.81. The predicted octanol–water partition coefficient (Wildman–Crippen LogP) is 1.94. The Morgan fingerprint density at radius 3 is 2.45 bits per heavy atom. The number of carbonyl (C=O) groups excluding carboxylic acids is 3. The molecule has 0 unspecified atom stereocenters. The van der Waals surface area contributed by atoms with E-state index >= 15 is 0 Å². The third kappa shape index (κ3) is 4.59. The molecule has 0 radical (unpaired) electrons. The molecule has 22 heavy (non-hydrogen) atoms. The molecule has 0 bridgehead atoms. The molecular weight excluding hydrogens is 284 g/mol. The van der Waals surface area contributed by atoms with Gasteiger partial charge in [0.2, 0.25) is 11.7 Å². The van der Waals surface area contributed by atoms with Gasteiger partial charge in [-0.3, -0.25) is 14.4 Å². The molecule has 0 aliphatic heterocycles. The van der Waals surface area contributed by atoms with E-state index in [4.69, 9.17) is 4.74 Å². The van der Waals surface area contributed by atoms with Crippen LogP contribution >= 0.6 is 0 Å². The molecule has 0 fully saturated rings. The zero-order chi connectivity index (χ0) is 15.9. The van der Waals surface area contributed by atoms with Gasteiger partial charge in [-0.05, 0) is 29.8 Å². The Morgan fingerprint density at radius 1 is 1.14 bits per heavy atom. The average Bonchev–Trinajstić information content (AvgIpc) is 3.00. The van der Waals surface area contributed by atoms with Gasteiger partial charge in [-0.2, -0.15) is 0 Å². The maximum Gasteiger partial charge on any atom is 0.310 e. The van der Waals surface area contributed by atoms with E-state index in [1.807, 2.05) is 0 Å². The largest absolute Gasteiger partial charge is 0.457 e. The van der Waals surface area contributed by atoms with Crippen molar-refractivity contribution in [2.75, 3.05) is 11.9 Å². The number of Topliss-reactive ketones (excluding diaryl/α,β-unsaturated/α-hetero) is 1. The molecular formula is C16H16N2O4. The molecule has 1 aromatic carbocycles. The van der Waals surface area contributed by atoms with Gasteiger partial charge in [-0.15, -0.1) is 0 Å². The van der Waals surface area contributed by atoms with E-state index < -0.39 is 5.97 Å². The second-order valence-electron chi connectivity index (χ2n) is 4.72. The van der Waals surface area contributed by atoms with Crippen LogP contribution in [0.25, 0.3) is 0 Å².